The molecule has 2 N–H and O–H groups in total. The fourth-order valence-corrected chi connectivity index (χ4v) is 2.05. The number of nitrogens with zero attached hydrogens (tertiary/aromatic N) is 1. The zero-order valence-electron chi connectivity index (χ0n) is 10.1. The molecule has 1 aromatic heterocycles. The summed E-state index contributed by atoms with van der Waals surface area (Å²) in [5.74, 6) is 1.61. The second-order valence-electron chi connectivity index (χ2n) is 4.56. The first kappa shape index (κ1) is 12.1. The molecule has 1 saturated heterocycles. The maximum Gasteiger partial charge on any atom is 0.239 e. The van der Waals surface area contributed by atoms with E-state index in [0.29, 0.717) is 19.5 Å². The summed E-state index contributed by atoms with van der Waals surface area (Å²) in [6, 6.07) is 3.48. The van der Waals surface area contributed by atoms with Crippen molar-refractivity contribution in [2.75, 3.05) is 13.6 Å². The van der Waals surface area contributed by atoms with Crippen LogP contribution in [0.5, 0.6) is 0 Å². The summed E-state index contributed by atoms with van der Waals surface area (Å²) >= 11 is 0. The number of carbonyl (C=O) groups is 1. The molecule has 0 radical (unpaired) electrons. The molecule has 5 heteroatoms. The Labute approximate surface area is 100 Å². The van der Waals surface area contributed by atoms with Crippen LogP contribution in [0.4, 0.5) is 0 Å². The van der Waals surface area contributed by atoms with E-state index in [1.54, 1.807) is 11.9 Å². The normalized spacial score (nSPS) is 23.9. The molecule has 0 spiro atoms. The summed E-state index contributed by atoms with van der Waals surface area (Å²) in [4.78, 5) is 13.6. The van der Waals surface area contributed by atoms with Gasteiger partial charge in [0.15, 0.2) is 0 Å². The average Bonchev–Trinajstić information content (AvgIpc) is 2.87. The van der Waals surface area contributed by atoms with Gasteiger partial charge in [0.05, 0.1) is 18.7 Å². The Morgan fingerprint density at radius 2 is 2.41 bits per heavy atom. The van der Waals surface area contributed by atoms with Crippen LogP contribution in [-0.4, -0.2) is 41.7 Å². The molecular formula is C12H18N2O3. The van der Waals surface area contributed by atoms with Gasteiger partial charge in [-0.15, -0.1) is 0 Å². The summed E-state index contributed by atoms with van der Waals surface area (Å²) < 4.78 is 5.42. The number of furan rings is 1. The third-order valence-electron chi connectivity index (χ3n) is 2.97. The average molecular weight is 238 g/mol. The molecule has 17 heavy (non-hydrogen) atoms. The Morgan fingerprint density at radius 1 is 1.65 bits per heavy atom. The highest BCUT2D eigenvalue weighted by atomic mass is 16.3. The van der Waals surface area contributed by atoms with Gasteiger partial charge in [-0.25, -0.2) is 0 Å². The van der Waals surface area contributed by atoms with Crippen molar-refractivity contribution in [2.24, 2.45) is 0 Å². The van der Waals surface area contributed by atoms with Gasteiger partial charge in [0, 0.05) is 13.6 Å². The van der Waals surface area contributed by atoms with Gasteiger partial charge in [-0.2, -0.15) is 0 Å². The van der Waals surface area contributed by atoms with E-state index in [-0.39, 0.29) is 11.9 Å². The highest BCUT2D eigenvalue weighted by Crippen LogP contribution is 2.12. The number of rotatable bonds is 3. The molecule has 94 valence electrons. The van der Waals surface area contributed by atoms with Crippen LogP contribution in [0.15, 0.2) is 16.5 Å². The molecule has 1 amide bonds. The van der Waals surface area contributed by atoms with Gasteiger partial charge in [-0.1, -0.05) is 0 Å². The lowest BCUT2D eigenvalue weighted by Crippen LogP contribution is -2.41. The van der Waals surface area contributed by atoms with Gasteiger partial charge in [-0.3, -0.25) is 4.79 Å². The number of aliphatic hydroxyl groups excluding tert-OH is 1. The minimum Gasteiger partial charge on any atom is -0.464 e. The highest BCUT2D eigenvalue weighted by molar-refractivity contribution is 5.82. The van der Waals surface area contributed by atoms with Gasteiger partial charge in [0.25, 0.3) is 0 Å². The Hall–Kier alpha value is -1.33. The lowest BCUT2D eigenvalue weighted by Gasteiger charge is -2.19. The predicted molar refractivity (Wildman–Crippen MR) is 62.3 cm³/mol. The second kappa shape index (κ2) is 4.89. The number of β-amino-alcohol motifs (C(OH)–C–C–N with tert-alkyl or cyclic N) is 1. The van der Waals surface area contributed by atoms with Gasteiger partial charge in [0.2, 0.25) is 5.91 Å². The van der Waals surface area contributed by atoms with Crippen molar-refractivity contribution in [3.05, 3.63) is 23.7 Å². The van der Waals surface area contributed by atoms with Crippen molar-refractivity contribution in [3.8, 4) is 0 Å². The first-order chi connectivity index (χ1) is 8.06. The molecule has 2 heterocycles. The largest absolute Gasteiger partial charge is 0.464 e. The number of likely N-dealkylation sites (N-methyl/N-ethyl adjacent to an activating group) is 1. The van der Waals surface area contributed by atoms with Crippen molar-refractivity contribution in [2.45, 2.75) is 32.0 Å². The molecule has 5 nitrogen and oxygen atoms in total. The molecule has 1 aliphatic rings. The van der Waals surface area contributed by atoms with Crippen LogP contribution >= 0.6 is 0 Å². The minimum absolute atomic E-state index is 0.00407. The zero-order valence-corrected chi connectivity index (χ0v) is 10.1. The monoisotopic (exact) mass is 238 g/mol. The van der Waals surface area contributed by atoms with Crippen molar-refractivity contribution in [3.63, 3.8) is 0 Å². The summed E-state index contributed by atoms with van der Waals surface area (Å²) in [5.41, 5.74) is 0. The molecule has 2 rings (SSSR count). The number of hydrogen-bond acceptors (Lipinski definition) is 4. The third kappa shape index (κ3) is 2.87. The number of carbonyl (C=O) groups excluding carboxylic acids is 1. The van der Waals surface area contributed by atoms with Crippen LogP contribution in [0.1, 0.15) is 17.9 Å². The van der Waals surface area contributed by atoms with E-state index < -0.39 is 6.10 Å². The summed E-state index contributed by atoms with van der Waals surface area (Å²) in [5, 5.41) is 12.4. The first-order valence-electron chi connectivity index (χ1n) is 5.78. The van der Waals surface area contributed by atoms with E-state index in [1.807, 2.05) is 19.1 Å². The van der Waals surface area contributed by atoms with Crippen LogP contribution in [0.25, 0.3) is 0 Å². The van der Waals surface area contributed by atoms with E-state index >= 15 is 0 Å². The van der Waals surface area contributed by atoms with E-state index in [2.05, 4.69) is 5.32 Å². The number of aliphatic hydroxyl groups is 1. The topological polar surface area (TPSA) is 65.7 Å². The van der Waals surface area contributed by atoms with Crippen LogP contribution in [0, 0.1) is 6.92 Å². The van der Waals surface area contributed by atoms with Crippen molar-refractivity contribution >= 4 is 5.91 Å². The number of aryl methyl sites for hydroxylation is 1. The minimum atomic E-state index is -0.414. The molecule has 1 aliphatic heterocycles. The van der Waals surface area contributed by atoms with Crippen LogP contribution in [-0.2, 0) is 11.3 Å². The van der Waals surface area contributed by atoms with Crippen LogP contribution in [0.3, 0.4) is 0 Å². The smallest absolute Gasteiger partial charge is 0.239 e. The van der Waals surface area contributed by atoms with Crippen LogP contribution in [0.2, 0.25) is 0 Å². The van der Waals surface area contributed by atoms with Crippen LogP contribution < -0.4 is 5.32 Å². The number of hydrogen-bond donors (Lipinski definition) is 2. The maximum absolute atomic E-state index is 12.0. The quantitative estimate of drug-likeness (QED) is 0.793. The van der Waals surface area contributed by atoms with Gasteiger partial charge >= 0.3 is 0 Å². The van der Waals surface area contributed by atoms with E-state index in [0.717, 1.165) is 11.5 Å². The first-order valence-corrected chi connectivity index (χ1v) is 5.78. The third-order valence-corrected chi connectivity index (χ3v) is 2.97. The van der Waals surface area contributed by atoms with Crippen molar-refractivity contribution < 1.29 is 14.3 Å². The lowest BCUT2D eigenvalue weighted by atomic mass is 10.2. The number of amides is 1. The van der Waals surface area contributed by atoms with Gasteiger partial charge in [0.1, 0.15) is 11.5 Å². The predicted octanol–water partition coefficient (Wildman–Crippen LogP) is 0.269. The molecule has 2 atom stereocenters. The van der Waals surface area contributed by atoms with Gasteiger partial charge < -0.3 is 19.7 Å². The lowest BCUT2D eigenvalue weighted by molar-refractivity contribution is -0.132. The SMILES string of the molecule is Cc1ccc(CN(C)C(=O)C2CC(O)CN2)o1. The molecule has 0 aromatic carbocycles. The molecule has 2 unspecified atom stereocenters. The van der Waals surface area contributed by atoms with E-state index in [1.165, 1.54) is 0 Å². The molecule has 0 aliphatic carbocycles. The molecule has 1 aromatic rings. The fraction of sp³-hybridized carbons (Fsp3) is 0.583. The molecule has 0 bridgehead atoms. The molecule has 0 saturated carbocycles. The fourth-order valence-electron chi connectivity index (χ4n) is 2.05. The zero-order chi connectivity index (χ0) is 12.4. The van der Waals surface area contributed by atoms with Crippen molar-refractivity contribution in [1.82, 2.24) is 10.2 Å². The summed E-state index contributed by atoms with van der Waals surface area (Å²) in [6.45, 7) is 2.82. The van der Waals surface area contributed by atoms with E-state index in [9.17, 15) is 9.90 Å². The molecule has 1 fully saturated rings. The Bertz CT molecular complexity index is 402. The molecular weight excluding hydrogens is 220 g/mol. The Kier molecular flexibility index (Phi) is 3.49. The van der Waals surface area contributed by atoms with Gasteiger partial charge in [-0.05, 0) is 25.5 Å². The Morgan fingerprint density at radius 3 is 2.94 bits per heavy atom. The second-order valence-corrected chi connectivity index (χ2v) is 4.56. The Balaban J connectivity index is 1.91. The summed E-state index contributed by atoms with van der Waals surface area (Å²) in [6.07, 6.45) is 0.0728. The standard InChI is InChI=1S/C12H18N2O3/c1-8-3-4-10(17-8)7-14(2)12(16)11-5-9(15)6-13-11/h3-4,9,11,13,15H,5-7H2,1-2H3. The highest BCUT2D eigenvalue weighted by Gasteiger charge is 2.30. The van der Waals surface area contributed by atoms with E-state index in [4.69, 9.17) is 4.42 Å². The van der Waals surface area contributed by atoms with Crippen molar-refractivity contribution in [1.29, 1.82) is 0 Å². The number of nitrogens with one attached hydrogen (secondary N) is 1. The summed E-state index contributed by atoms with van der Waals surface area (Å²) in [7, 11) is 1.74. The maximum atomic E-state index is 12.0.